The summed E-state index contributed by atoms with van der Waals surface area (Å²) in [7, 11) is 1.24. The second-order valence-corrected chi connectivity index (χ2v) is 3.20. The number of rotatable bonds is 5. The predicted molar refractivity (Wildman–Crippen MR) is 56.7 cm³/mol. The minimum absolute atomic E-state index is 0.140. The number of pyridine rings is 1. The van der Waals surface area contributed by atoms with Crippen molar-refractivity contribution >= 4 is 11.9 Å². The van der Waals surface area contributed by atoms with Crippen molar-refractivity contribution in [2.75, 3.05) is 13.7 Å². The lowest BCUT2D eigenvalue weighted by molar-refractivity contribution is -0.148. The van der Waals surface area contributed by atoms with Crippen LogP contribution in [0.15, 0.2) is 18.5 Å². The molecule has 0 fully saturated rings. The minimum Gasteiger partial charge on any atom is -0.506 e. The molecule has 0 saturated carbocycles. The minimum atomic E-state index is -1.16. The van der Waals surface area contributed by atoms with Crippen LogP contribution < -0.4 is 5.32 Å². The molecule has 1 aromatic heterocycles. The standard InChI is InChI=1S/C10H12N2O5/c1-17-8(10(15)16)5-12-9(14)6-2-7(13)4-11-3-6/h2-4,8,13H,5H2,1H3,(H,12,14)(H,15,16). The molecule has 1 amide bonds. The summed E-state index contributed by atoms with van der Waals surface area (Å²) in [5.74, 6) is -1.84. The number of nitrogens with zero attached hydrogens (tertiary/aromatic N) is 1. The van der Waals surface area contributed by atoms with Gasteiger partial charge in [-0.3, -0.25) is 9.78 Å². The monoisotopic (exact) mass is 240 g/mol. The van der Waals surface area contributed by atoms with Crippen LogP contribution in [0.2, 0.25) is 0 Å². The van der Waals surface area contributed by atoms with Gasteiger partial charge in [0, 0.05) is 13.3 Å². The van der Waals surface area contributed by atoms with Crippen molar-refractivity contribution in [2.45, 2.75) is 6.10 Å². The molecular weight excluding hydrogens is 228 g/mol. The number of carboxylic acids is 1. The van der Waals surface area contributed by atoms with Gasteiger partial charge in [0.15, 0.2) is 6.10 Å². The van der Waals surface area contributed by atoms with E-state index in [4.69, 9.17) is 10.2 Å². The zero-order valence-electron chi connectivity index (χ0n) is 9.08. The summed E-state index contributed by atoms with van der Waals surface area (Å²) in [6.45, 7) is -0.166. The van der Waals surface area contributed by atoms with E-state index in [-0.39, 0.29) is 17.9 Å². The van der Waals surface area contributed by atoms with Crippen molar-refractivity contribution in [3.8, 4) is 5.75 Å². The molecule has 0 aliphatic rings. The van der Waals surface area contributed by atoms with Gasteiger partial charge >= 0.3 is 5.97 Å². The molecule has 1 heterocycles. The number of hydrogen-bond acceptors (Lipinski definition) is 5. The normalized spacial score (nSPS) is 11.8. The Hall–Kier alpha value is -2.15. The van der Waals surface area contributed by atoms with E-state index < -0.39 is 18.0 Å². The third kappa shape index (κ3) is 3.72. The molecule has 0 aromatic carbocycles. The van der Waals surface area contributed by atoms with Gasteiger partial charge in [-0.25, -0.2) is 4.79 Å². The highest BCUT2D eigenvalue weighted by Crippen LogP contribution is 2.08. The second-order valence-electron chi connectivity index (χ2n) is 3.20. The van der Waals surface area contributed by atoms with Gasteiger partial charge in [-0.05, 0) is 6.07 Å². The van der Waals surface area contributed by atoms with Crippen molar-refractivity contribution in [1.29, 1.82) is 0 Å². The van der Waals surface area contributed by atoms with E-state index in [9.17, 15) is 9.59 Å². The SMILES string of the molecule is COC(CNC(=O)c1cncc(O)c1)C(=O)O. The van der Waals surface area contributed by atoms with Crippen molar-refractivity contribution in [2.24, 2.45) is 0 Å². The van der Waals surface area contributed by atoms with Crippen LogP contribution >= 0.6 is 0 Å². The van der Waals surface area contributed by atoms with Gasteiger partial charge in [0.1, 0.15) is 5.75 Å². The first kappa shape index (κ1) is 12.9. The van der Waals surface area contributed by atoms with Gasteiger partial charge in [-0.1, -0.05) is 0 Å². The van der Waals surface area contributed by atoms with E-state index in [1.165, 1.54) is 25.6 Å². The lowest BCUT2D eigenvalue weighted by Crippen LogP contribution is -2.37. The van der Waals surface area contributed by atoms with Crippen LogP contribution in [0.5, 0.6) is 5.75 Å². The number of carboxylic acid groups (broad SMARTS) is 1. The van der Waals surface area contributed by atoms with E-state index in [2.05, 4.69) is 15.0 Å². The number of aromatic hydroxyl groups is 1. The van der Waals surface area contributed by atoms with Crippen LogP contribution in [0.25, 0.3) is 0 Å². The number of ether oxygens (including phenoxy) is 1. The first-order chi connectivity index (χ1) is 8.04. The van der Waals surface area contributed by atoms with Crippen LogP contribution in [0.3, 0.4) is 0 Å². The first-order valence-electron chi connectivity index (χ1n) is 4.72. The van der Waals surface area contributed by atoms with Crippen molar-refractivity contribution in [1.82, 2.24) is 10.3 Å². The van der Waals surface area contributed by atoms with Gasteiger partial charge in [-0.15, -0.1) is 0 Å². The molecule has 17 heavy (non-hydrogen) atoms. The fraction of sp³-hybridized carbons (Fsp3) is 0.300. The van der Waals surface area contributed by atoms with Crippen molar-refractivity contribution in [3.63, 3.8) is 0 Å². The Morgan fingerprint density at radius 3 is 2.76 bits per heavy atom. The summed E-state index contributed by atoms with van der Waals surface area (Å²) in [6, 6.07) is 1.23. The molecule has 0 aliphatic heterocycles. The summed E-state index contributed by atoms with van der Waals surface area (Å²) < 4.78 is 4.64. The third-order valence-electron chi connectivity index (χ3n) is 1.99. The van der Waals surface area contributed by atoms with Gasteiger partial charge in [0.05, 0.1) is 18.3 Å². The average Bonchev–Trinajstić information content (AvgIpc) is 2.29. The van der Waals surface area contributed by atoms with Gasteiger partial charge in [-0.2, -0.15) is 0 Å². The Labute approximate surface area is 97.1 Å². The highest BCUT2D eigenvalue weighted by Gasteiger charge is 2.17. The Morgan fingerprint density at radius 2 is 2.24 bits per heavy atom. The molecule has 3 N–H and O–H groups in total. The molecule has 1 aromatic rings. The van der Waals surface area contributed by atoms with Gasteiger partial charge in [0.25, 0.3) is 5.91 Å². The first-order valence-corrected chi connectivity index (χ1v) is 4.72. The highest BCUT2D eigenvalue weighted by molar-refractivity contribution is 5.94. The molecule has 0 bridgehead atoms. The Balaban J connectivity index is 2.58. The van der Waals surface area contributed by atoms with Crippen LogP contribution in [0.1, 0.15) is 10.4 Å². The largest absolute Gasteiger partial charge is 0.506 e. The maximum absolute atomic E-state index is 11.5. The number of aromatic nitrogens is 1. The molecule has 0 saturated heterocycles. The maximum atomic E-state index is 11.5. The molecule has 1 unspecified atom stereocenters. The van der Waals surface area contributed by atoms with Crippen LogP contribution in [0, 0.1) is 0 Å². The van der Waals surface area contributed by atoms with Crippen LogP contribution in [-0.4, -0.2) is 46.8 Å². The third-order valence-corrected chi connectivity index (χ3v) is 1.99. The summed E-state index contributed by atoms with van der Waals surface area (Å²) >= 11 is 0. The molecule has 92 valence electrons. The van der Waals surface area contributed by atoms with Crippen molar-refractivity contribution in [3.05, 3.63) is 24.0 Å². The maximum Gasteiger partial charge on any atom is 0.334 e. The second kappa shape index (κ2) is 5.80. The van der Waals surface area contributed by atoms with E-state index >= 15 is 0 Å². The molecular formula is C10H12N2O5. The molecule has 7 heteroatoms. The zero-order valence-corrected chi connectivity index (χ0v) is 9.08. The van der Waals surface area contributed by atoms with E-state index in [0.29, 0.717) is 0 Å². The number of carbonyl (C=O) groups excluding carboxylic acids is 1. The van der Waals surface area contributed by atoms with Gasteiger partial charge < -0.3 is 20.3 Å². The Bertz CT molecular complexity index is 421. The molecule has 7 nitrogen and oxygen atoms in total. The Morgan fingerprint density at radius 1 is 1.53 bits per heavy atom. The van der Waals surface area contributed by atoms with Gasteiger partial charge in [0.2, 0.25) is 0 Å². The number of aliphatic carboxylic acids is 1. The fourth-order valence-electron chi connectivity index (χ4n) is 1.11. The number of hydrogen-bond donors (Lipinski definition) is 3. The lowest BCUT2D eigenvalue weighted by atomic mass is 10.2. The number of carbonyl (C=O) groups is 2. The summed E-state index contributed by atoms with van der Waals surface area (Å²) in [5.41, 5.74) is 0.144. The topological polar surface area (TPSA) is 109 Å². The summed E-state index contributed by atoms with van der Waals surface area (Å²) in [4.78, 5) is 25.8. The molecule has 0 spiro atoms. The quantitative estimate of drug-likeness (QED) is 0.647. The average molecular weight is 240 g/mol. The van der Waals surface area contributed by atoms with Crippen LogP contribution in [0.4, 0.5) is 0 Å². The van der Waals surface area contributed by atoms with E-state index in [1.54, 1.807) is 0 Å². The summed E-state index contributed by atoms with van der Waals surface area (Å²) in [6.07, 6.45) is 1.34. The molecule has 0 aliphatic carbocycles. The highest BCUT2D eigenvalue weighted by atomic mass is 16.5. The predicted octanol–water partition coefficient (Wildman–Crippen LogP) is -0.383. The van der Waals surface area contributed by atoms with E-state index in [0.717, 1.165) is 0 Å². The number of nitrogens with one attached hydrogen (secondary N) is 1. The molecule has 1 rings (SSSR count). The zero-order chi connectivity index (χ0) is 12.8. The van der Waals surface area contributed by atoms with E-state index in [1.807, 2.05) is 0 Å². The van der Waals surface area contributed by atoms with Crippen molar-refractivity contribution < 1.29 is 24.5 Å². The smallest absolute Gasteiger partial charge is 0.334 e. The summed E-state index contributed by atoms with van der Waals surface area (Å²) in [5, 5.41) is 20.1. The lowest BCUT2D eigenvalue weighted by Gasteiger charge is -2.11. The molecule has 1 atom stereocenters. The van der Waals surface area contributed by atoms with Crippen LogP contribution in [-0.2, 0) is 9.53 Å². The molecule has 0 radical (unpaired) electrons. The fourth-order valence-corrected chi connectivity index (χ4v) is 1.11. The number of amides is 1. The Kier molecular flexibility index (Phi) is 4.41. The number of methoxy groups -OCH3 is 1.